The predicted molar refractivity (Wildman–Crippen MR) is 75.8 cm³/mol. The predicted octanol–water partition coefficient (Wildman–Crippen LogP) is 0.939. The highest BCUT2D eigenvalue weighted by atomic mass is 16.3. The Bertz CT molecular complexity index is 791. The lowest BCUT2D eigenvalue weighted by atomic mass is 10.3. The van der Waals surface area contributed by atoms with Gasteiger partial charge in [0.2, 0.25) is 0 Å². The molecule has 8 nitrogen and oxygen atoms in total. The Morgan fingerprint density at radius 3 is 3.14 bits per heavy atom. The summed E-state index contributed by atoms with van der Waals surface area (Å²) in [5.74, 6) is 0.246. The van der Waals surface area contributed by atoms with Gasteiger partial charge in [0, 0.05) is 19.2 Å². The number of aromatic nitrogens is 4. The van der Waals surface area contributed by atoms with E-state index in [1.807, 2.05) is 0 Å². The highest BCUT2D eigenvalue weighted by Crippen LogP contribution is 2.19. The van der Waals surface area contributed by atoms with Crippen molar-refractivity contribution >= 4 is 22.7 Å². The van der Waals surface area contributed by atoms with Crippen LogP contribution in [0, 0.1) is 6.92 Å². The van der Waals surface area contributed by atoms with E-state index in [1.54, 1.807) is 31.3 Å². The summed E-state index contributed by atoms with van der Waals surface area (Å²) in [4.78, 5) is 16.3. The smallest absolute Gasteiger partial charge is 0.277 e. The van der Waals surface area contributed by atoms with Gasteiger partial charge in [-0.15, -0.1) is 5.10 Å². The van der Waals surface area contributed by atoms with E-state index in [2.05, 4.69) is 20.6 Å². The molecule has 8 heteroatoms. The van der Waals surface area contributed by atoms with Gasteiger partial charge in [0.05, 0.1) is 12.7 Å². The SMILES string of the molecule is Cc1nc2cc(NC(=O)c3cn(CCN)nn3)ccc2o1. The molecule has 3 rings (SSSR count). The Kier molecular flexibility index (Phi) is 3.36. The van der Waals surface area contributed by atoms with Crippen molar-refractivity contribution in [1.82, 2.24) is 20.0 Å². The maximum atomic E-state index is 12.1. The molecule has 0 aliphatic carbocycles. The number of benzene rings is 1. The maximum absolute atomic E-state index is 12.1. The monoisotopic (exact) mass is 286 g/mol. The van der Waals surface area contributed by atoms with Crippen LogP contribution in [-0.4, -0.2) is 32.4 Å². The molecule has 2 aromatic heterocycles. The lowest BCUT2D eigenvalue weighted by molar-refractivity contribution is 0.102. The zero-order chi connectivity index (χ0) is 14.8. The summed E-state index contributed by atoms with van der Waals surface area (Å²) in [5.41, 5.74) is 7.65. The fourth-order valence-corrected chi connectivity index (χ4v) is 1.96. The van der Waals surface area contributed by atoms with Crippen molar-refractivity contribution in [2.24, 2.45) is 5.73 Å². The van der Waals surface area contributed by atoms with Gasteiger partial charge in [-0.2, -0.15) is 0 Å². The minimum atomic E-state index is -0.335. The highest BCUT2D eigenvalue weighted by molar-refractivity contribution is 6.03. The minimum absolute atomic E-state index is 0.236. The van der Waals surface area contributed by atoms with Crippen LogP contribution in [0.1, 0.15) is 16.4 Å². The van der Waals surface area contributed by atoms with Crippen LogP contribution in [0.5, 0.6) is 0 Å². The molecule has 0 spiro atoms. The van der Waals surface area contributed by atoms with Gasteiger partial charge in [0.25, 0.3) is 5.91 Å². The van der Waals surface area contributed by atoms with Gasteiger partial charge < -0.3 is 15.5 Å². The van der Waals surface area contributed by atoms with Gasteiger partial charge in [0.1, 0.15) is 5.52 Å². The number of aryl methyl sites for hydroxylation is 1. The third kappa shape index (κ3) is 2.75. The number of nitrogens with one attached hydrogen (secondary N) is 1. The molecule has 3 N–H and O–H groups in total. The average Bonchev–Trinajstić information content (AvgIpc) is 3.04. The molecule has 1 aromatic carbocycles. The summed E-state index contributed by atoms with van der Waals surface area (Å²) < 4.78 is 6.91. The van der Waals surface area contributed by atoms with Crippen LogP contribution >= 0.6 is 0 Å². The first kappa shape index (κ1) is 13.3. The second-order valence-corrected chi connectivity index (χ2v) is 4.53. The fourth-order valence-electron chi connectivity index (χ4n) is 1.96. The normalized spacial score (nSPS) is 11.0. The van der Waals surface area contributed by atoms with Gasteiger partial charge in [-0.3, -0.25) is 9.48 Å². The zero-order valence-electron chi connectivity index (χ0n) is 11.4. The van der Waals surface area contributed by atoms with Crippen molar-refractivity contribution in [2.45, 2.75) is 13.5 Å². The molecule has 0 aliphatic rings. The van der Waals surface area contributed by atoms with E-state index in [0.717, 1.165) is 0 Å². The van der Waals surface area contributed by atoms with Gasteiger partial charge in [-0.1, -0.05) is 5.21 Å². The summed E-state index contributed by atoms with van der Waals surface area (Å²) in [6.07, 6.45) is 1.56. The number of fused-ring (bicyclic) bond motifs is 1. The molecule has 0 bridgehead atoms. The number of carbonyl (C=O) groups excluding carboxylic acids is 1. The number of amides is 1. The summed E-state index contributed by atoms with van der Waals surface area (Å²) in [6, 6.07) is 5.25. The lowest BCUT2D eigenvalue weighted by Gasteiger charge is -2.01. The van der Waals surface area contributed by atoms with Gasteiger partial charge in [0.15, 0.2) is 17.2 Å². The molecule has 2 heterocycles. The Hall–Kier alpha value is -2.74. The Labute approximate surface area is 119 Å². The van der Waals surface area contributed by atoms with Crippen molar-refractivity contribution in [3.8, 4) is 0 Å². The van der Waals surface area contributed by atoms with Crippen molar-refractivity contribution in [2.75, 3.05) is 11.9 Å². The van der Waals surface area contributed by atoms with Crippen LogP contribution in [0.3, 0.4) is 0 Å². The summed E-state index contributed by atoms with van der Waals surface area (Å²) in [7, 11) is 0. The number of rotatable bonds is 4. The molecule has 108 valence electrons. The maximum Gasteiger partial charge on any atom is 0.277 e. The lowest BCUT2D eigenvalue weighted by Crippen LogP contribution is -2.12. The van der Waals surface area contributed by atoms with Gasteiger partial charge in [-0.25, -0.2) is 4.98 Å². The Balaban J connectivity index is 1.78. The summed E-state index contributed by atoms with van der Waals surface area (Å²) in [6.45, 7) is 2.73. The van der Waals surface area contributed by atoms with E-state index >= 15 is 0 Å². The number of carbonyl (C=O) groups is 1. The third-order valence-electron chi connectivity index (χ3n) is 2.88. The number of nitrogens with zero attached hydrogens (tertiary/aromatic N) is 4. The van der Waals surface area contributed by atoms with Crippen molar-refractivity contribution in [3.63, 3.8) is 0 Å². The van der Waals surface area contributed by atoms with Crippen LogP contribution in [0.2, 0.25) is 0 Å². The van der Waals surface area contributed by atoms with Gasteiger partial charge in [-0.05, 0) is 18.2 Å². The quantitative estimate of drug-likeness (QED) is 0.738. The van der Waals surface area contributed by atoms with Crippen LogP contribution in [-0.2, 0) is 6.54 Å². The molecule has 0 saturated carbocycles. The van der Waals surface area contributed by atoms with Crippen LogP contribution < -0.4 is 11.1 Å². The molecule has 0 unspecified atom stereocenters. The molecule has 21 heavy (non-hydrogen) atoms. The number of anilines is 1. The first-order chi connectivity index (χ1) is 10.2. The van der Waals surface area contributed by atoms with Crippen LogP contribution in [0.15, 0.2) is 28.8 Å². The highest BCUT2D eigenvalue weighted by Gasteiger charge is 2.12. The number of nitrogens with two attached hydrogens (primary N) is 1. The molecule has 0 saturated heterocycles. The van der Waals surface area contributed by atoms with E-state index in [0.29, 0.717) is 35.8 Å². The number of hydrogen-bond acceptors (Lipinski definition) is 6. The first-order valence-electron chi connectivity index (χ1n) is 6.44. The van der Waals surface area contributed by atoms with E-state index in [-0.39, 0.29) is 11.6 Å². The molecule has 0 atom stereocenters. The summed E-state index contributed by atoms with van der Waals surface area (Å²) in [5, 5.41) is 10.4. The number of hydrogen-bond donors (Lipinski definition) is 2. The van der Waals surface area contributed by atoms with Crippen molar-refractivity contribution in [3.05, 3.63) is 36.0 Å². The van der Waals surface area contributed by atoms with Crippen molar-refractivity contribution < 1.29 is 9.21 Å². The molecule has 0 radical (unpaired) electrons. The van der Waals surface area contributed by atoms with Crippen LogP contribution in [0.4, 0.5) is 5.69 Å². The second-order valence-electron chi connectivity index (χ2n) is 4.53. The second kappa shape index (κ2) is 5.33. The Morgan fingerprint density at radius 2 is 2.33 bits per heavy atom. The topological polar surface area (TPSA) is 112 Å². The standard InChI is InChI=1S/C13H14N6O2/c1-8-15-10-6-9(2-3-12(10)21-8)16-13(20)11-7-19(5-4-14)18-17-11/h2-3,6-7H,4-5,14H2,1H3,(H,16,20). The van der Waals surface area contributed by atoms with Gasteiger partial charge >= 0.3 is 0 Å². The molecule has 0 fully saturated rings. The molecular formula is C13H14N6O2. The number of oxazole rings is 1. The van der Waals surface area contributed by atoms with E-state index < -0.39 is 0 Å². The van der Waals surface area contributed by atoms with Crippen molar-refractivity contribution in [1.29, 1.82) is 0 Å². The van der Waals surface area contributed by atoms with E-state index in [9.17, 15) is 4.79 Å². The molecule has 3 aromatic rings. The molecule has 1 amide bonds. The zero-order valence-corrected chi connectivity index (χ0v) is 11.4. The minimum Gasteiger partial charge on any atom is -0.441 e. The first-order valence-corrected chi connectivity index (χ1v) is 6.44. The molecule has 0 aliphatic heterocycles. The third-order valence-corrected chi connectivity index (χ3v) is 2.88. The largest absolute Gasteiger partial charge is 0.441 e. The van der Waals surface area contributed by atoms with E-state index in [1.165, 1.54) is 4.68 Å². The van der Waals surface area contributed by atoms with Crippen LogP contribution in [0.25, 0.3) is 11.1 Å². The molecular weight excluding hydrogens is 272 g/mol. The average molecular weight is 286 g/mol. The fraction of sp³-hybridized carbons (Fsp3) is 0.231. The van der Waals surface area contributed by atoms with E-state index in [4.69, 9.17) is 10.2 Å². The Morgan fingerprint density at radius 1 is 1.48 bits per heavy atom. The summed E-state index contributed by atoms with van der Waals surface area (Å²) >= 11 is 0.